The average Bonchev–Trinajstić information content (AvgIpc) is 2.95. The first kappa shape index (κ1) is 16.2. The summed E-state index contributed by atoms with van der Waals surface area (Å²) in [6, 6.07) is 5.96. The molecule has 0 radical (unpaired) electrons. The number of alkyl halides is 5. The maximum atomic E-state index is 12.8. The number of pyridine rings is 1. The molecule has 3 aromatic rings. The van der Waals surface area contributed by atoms with E-state index >= 15 is 0 Å². The maximum Gasteiger partial charge on any atom is 0.416 e. The first-order chi connectivity index (χ1) is 11.3. The Balaban J connectivity index is 2.01. The largest absolute Gasteiger partial charge is 0.485 e. The molecule has 0 aliphatic rings. The first-order valence-electron chi connectivity index (χ1n) is 6.81. The lowest BCUT2D eigenvalue weighted by molar-refractivity contribution is -0.137. The predicted molar refractivity (Wildman–Crippen MR) is 75.9 cm³/mol. The van der Waals surface area contributed by atoms with Crippen molar-refractivity contribution >= 4 is 11.0 Å². The van der Waals surface area contributed by atoms with Gasteiger partial charge in [0.05, 0.1) is 17.3 Å². The van der Waals surface area contributed by atoms with Gasteiger partial charge in [-0.05, 0) is 30.3 Å². The Morgan fingerprint density at radius 1 is 1.12 bits per heavy atom. The third-order valence-corrected chi connectivity index (χ3v) is 3.26. The number of nitrogens with zero attached hydrogens (tertiary/aromatic N) is 1. The zero-order valence-electron chi connectivity index (χ0n) is 12.0. The monoisotopic (exact) mass is 343 g/mol. The fourth-order valence-corrected chi connectivity index (χ4v) is 2.20. The number of halogens is 5. The van der Waals surface area contributed by atoms with Crippen LogP contribution >= 0.6 is 0 Å². The molecule has 0 spiro atoms. The third kappa shape index (κ3) is 3.32. The van der Waals surface area contributed by atoms with Gasteiger partial charge in [-0.2, -0.15) is 13.2 Å². The Hall–Kier alpha value is -2.64. The zero-order valence-corrected chi connectivity index (χ0v) is 12.0. The minimum absolute atomic E-state index is 0.0629. The summed E-state index contributed by atoms with van der Waals surface area (Å²) in [5.41, 5.74) is -0.226. The average molecular weight is 343 g/mol. The highest BCUT2D eigenvalue weighted by Crippen LogP contribution is 2.36. The lowest BCUT2D eigenvalue weighted by Crippen LogP contribution is -2.07. The van der Waals surface area contributed by atoms with Gasteiger partial charge in [0, 0.05) is 11.6 Å². The molecule has 0 fully saturated rings. The van der Waals surface area contributed by atoms with Crippen LogP contribution in [0.25, 0.3) is 22.3 Å². The molecule has 24 heavy (non-hydrogen) atoms. The van der Waals surface area contributed by atoms with Crippen molar-refractivity contribution in [3.63, 3.8) is 0 Å². The highest BCUT2D eigenvalue weighted by molar-refractivity contribution is 5.84. The maximum absolute atomic E-state index is 12.8. The summed E-state index contributed by atoms with van der Waals surface area (Å²) in [7, 11) is 0. The Bertz CT molecular complexity index is 857. The van der Waals surface area contributed by atoms with Gasteiger partial charge in [-0.1, -0.05) is 0 Å². The summed E-state index contributed by atoms with van der Waals surface area (Å²) in [5, 5.41) is 0.247. The fourth-order valence-electron chi connectivity index (χ4n) is 2.20. The van der Waals surface area contributed by atoms with E-state index in [1.54, 1.807) is 0 Å². The summed E-state index contributed by atoms with van der Waals surface area (Å²) in [5.74, 6) is 0.267. The molecular formula is C16H10F5NO2. The third-order valence-electron chi connectivity index (χ3n) is 3.26. The van der Waals surface area contributed by atoms with Gasteiger partial charge >= 0.3 is 6.18 Å². The van der Waals surface area contributed by atoms with Crippen LogP contribution in [0.5, 0.6) is 5.75 Å². The molecule has 0 saturated heterocycles. The molecule has 0 atom stereocenters. The van der Waals surface area contributed by atoms with E-state index in [4.69, 9.17) is 9.15 Å². The van der Waals surface area contributed by atoms with Crippen molar-refractivity contribution in [2.45, 2.75) is 12.6 Å². The van der Waals surface area contributed by atoms with E-state index in [-0.39, 0.29) is 22.5 Å². The Labute approximate surface area is 132 Å². The Morgan fingerprint density at radius 3 is 2.62 bits per heavy atom. The van der Waals surface area contributed by atoms with Gasteiger partial charge in [-0.3, -0.25) is 4.98 Å². The van der Waals surface area contributed by atoms with Crippen LogP contribution in [-0.4, -0.2) is 18.0 Å². The number of hydrogen-bond donors (Lipinski definition) is 0. The molecule has 0 bridgehead atoms. The van der Waals surface area contributed by atoms with Crippen LogP contribution in [0.3, 0.4) is 0 Å². The summed E-state index contributed by atoms with van der Waals surface area (Å²) >= 11 is 0. The number of benzene rings is 1. The quantitative estimate of drug-likeness (QED) is 0.614. The van der Waals surface area contributed by atoms with Crippen LogP contribution in [0, 0.1) is 0 Å². The summed E-state index contributed by atoms with van der Waals surface area (Å²) in [6.45, 7) is -0.822. The Kier molecular flexibility index (Phi) is 4.13. The van der Waals surface area contributed by atoms with Crippen molar-refractivity contribution in [3.8, 4) is 17.1 Å². The van der Waals surface area contributed by atoms with Gasteiger partial charge in [0.15, 0.2) is 0 Å². The normalized spacial score (nSPS) is 12.1. The molecule has 0 N–H and O–H groups in total. The van der Waals surface area contributed by atoms with E-state index in [0.29, 0.717) is 5.56 Å². The van der Waals surface area contributed by atoms with Crippen LogP contribution in [0.4, 0.5) is 22.0 Å². The number of furan rings is 1. The number of ether oxygens (including phenoxy) is 1. The first-order valence-corrected chi connectivity index (χ1v) is 6.81. The van der Waals surface area contributed by atoms with Crippen molar-refractivity contribution in [2.75, 3.05) is 6.61 Å². The van der Waals surface area contributed by atoms with Crippen LogP contribution in [0.1, 0.15) is 5.56 Å². The topological polar surface area (TPSA) is 35.3 Å². The van der Waals surface area contributed by atoms with Crippen molar-refractivity contribution in [1.29, 1.82) is 0 Å². The second kappa shape index (κ2) is 6.10. The predicted octanol–water partition coefficient (Wildman–Crippen LogP) is 5.16. The Morgan fingerprint density at radius 2 is 1.92 bits per heavy atom. The molecule has 0 saturated carbocycles. The molecule has 0 unspecified atom stereocenters. The van der Waals surface area contributed by atoms with Gasteiger partial charge in [-0.15, -0.1) is 0 Å². The minimum atomic E-state index is -4.46. The van der Waals surface area contributed by atoms with E-state index in [1.807, 2.05) is 0 Å². The van der Waals surface area contributed by atoms with Gasteiger partial charge in [0.1, 0.15) is 23.7 Å². The van der Waals surface area contributed by atoms with Gasteiger partial charge < -0.3 is 9.15 Å². The lowest BCUT2D eigenvalue weighted by Gasteiger charge is -2.08. The molecule has 0 amide bonds. The molecule has 126 valence electrons. The molecule has 8 heteroatoms. The van der Waals surface area contributed by atoms with E-state index in [0.717, 1.165) is 12.1 Å². The zero-order chi connectivity index (χ0) is 17.3. The van der Waals surface area contributed by atoms with E-state index in [9.17, 15) is 22.0 Å². The number of rotatable bonds is 4. The minimum Gasteiger partial charge on any atom is -0.485 e. The number of fused-ring (bicyclic) bond motifs is 1. The molecule has 3 nitrogen and oxygen atoms in total. The SMILES string of the molecule is FC(F)COc1cnccc1-c1cc2cc(C(F)(F)F)ccc2o1. The molecular weight excluding hydrogens is 333 g/mol. The van der Waals surface area contributed by atoms with Gasteiger partial charge in [0.25, 0.3) is 6.43 Å². The summed E-state index contributed by atoms with van der Waals surface area (Å²) in [6.07, 6.45) is -4.48. The molecule has 3 rings (SSSR count). The van der Waals surface area contributed by atoms with Crippen LogP contribution in [0.15, 0.2) is 47.1 Å². The number of aromatic nitrogens is 1. The van der Waals surface area contributed by atoms with Crippen molar-refractivity contribution in [1.82, 2.24) is 4.98 Å². The number of hydrogen-bond acceptors (Lipinski definition) is 3. The van der Waals surface area contributed by atoms with Gasteiger partial charge in [-0.25, -0.2) is 8.78 Å². The molecule has 2 aromatic heterocycles. The van der Waals surface area contributed by atoms with E-state index < -0.39 is 24.8 Å². The van der Waals surface area contributed by atoms with Crippen LogP contribution in [-0.2, 0) is 6.18 Å². The van der Waals surface area contributed by atoms with Crippen molar-refractivity contribution in [3.05, 3.63) is 48.3 Å². The van der Waals surface area contributed by atoms with E-state index in [2.05, 4.69) is 4.98 Å². The molecule has 0 aliphatic carbocycles. The standard InChI is InChI=1S/C16H10F5NO2/c17-15(18)8-23-14-7-22-4-3-11(14)13-6-9-5-10(16(19,20)21)1-2-12(9)24-13/h1-7,15H,8H2. The van der Waals surface area contributed by atoms with Crippen molar-refractivity contribution < 1.29 is 31.1 Å². The second-order valence-electron chi connectivity index (χ2n) is 4.93. The second-order valence-corrected chi connectivity index (χ2v) is 4.93. The smallest absolute Gasteiger partial charge is 0.416 e. The molecule has 2 heterocycles. The molecule has 0 aliphatic heterocycles. The lowest BCUT2D eigenvalue weighted by atomic mass is 10.1. The summed E-state index contributed by atoms with van der Waals surface area (Å²) in [4.78, 5) is 3.79. The highest BCUT2D eigenvalue weighted by atomic mass is 19.4. The molecule has 1 aromatic carbocycles. The van der Waals surface area contributed by atoms with Gasteiger partial charge in [0.2, 0.25) is 0 Å². The van der Waals surface area contributed by atoms with Crippen molar-refractivity contribution in [2.24, 2.45) is 0 Å². The highest BCUT2D eigenvalue weighted by Gasteiger charge is 2.30. The van der Waals surface area contributed by atoms with Crippen LogP contribution < -0.4 is 4.74 Å². The van der Waals surface area contributed by atoms with Crippen LogP contribution in [0.2, 0.25) is 0 Å². The van der Waals surface area contributed by atoms with E-state index in [1.165, 1.54) is 30.6 Å². The fraction of sp³-hybridized carbons (Fsp3) is 0.188. The summed E-state index contributed by atoms with van der Waals surface area (Å²) < 4.78 is 73.4.